The van der Waals surface area contributed by atoms with Gasteiger partial charge in [0.05, 0.1) is 0 Å². The lowest BCUT2D eigenvalue weighted by Gasteiger charge is -2.14. The molecule has 0 rings (SSSR count). The molecule has 0 amide bonds. The predicted octanol–water partition coefficient (Wildman–Crippen LogP) is 4.22. The van der Waals surface area contributed by atoms with Gasteiger partial charge in [0.25, 0.3) is 0 Å². The fourth-order valence-corrected chi connectivity index (χ4v) is 1.37. The average Bonchev–Trinajstić information content (AvgIpc) is 2.18. The Kier molecular flexibility index (Phi) is 8.17. The van der Waals surface area contributed by atoms with Crippen LogP contribution in [0.25, 0.3) is 0 Å². The van der Waals surface area contributed by atoms with Crippen LogP contribution in [0.15, 0.2) is 23.9 Å². The number of allylic oxidation sites excluding steroid dienone is 3. The van der Waals surface area contributed by atoms with E-state index in [1.165, 1.54) is 18.4 Å². The molecule has 1 heteroatoms. The molecule has 0 aliphatic heterocycles. The van der Waals surface area contributed by atoms with Gasteiger partial charge >= 0.3 is 0 Å². The molecule has 15 heavy (non-hydrogen) atoms. The van der Waals surface area contributed by atoms with E-state index in [4.69, 9.17) is 0 Å². The first-order valence-electron chi connectivity index (χ1n) is 6.19. The maximum atomic E-state index is 2.33. The maximum Gasteiger partial charge on any atom is 0.0143 e. The maximum absolute atomic E-state index is 2.33. The van der Waals surface area contributed by atoms with Gasteiger partial charge in [0.1, 0.15) is 0 Å². The summed E-state index contributed by atoms with van der Waals surface area (Å²) < 4.78 is 0. The highest BCUT2D eigenvalue weighted by molar-refractivity contribution is 5.15. The van der Waals surface area contributed by atoms with Gasteiger partial charge in [-0.3, -0.25) is 0 Å². The number of nitrogens with zero attached hydrogens (tertiary/aromatic N) is 1. The molecular weight excluding hydrogens is 182 g/mol. The zero-order chi connectivity index (χ0) is 11.7. The van der Waals surface area contributed by atoms with Crippen LogP contribution in [0.2, 0.25) is 0 Å². The minimum absolute atomic E-state index is 0.806. The third kappa shape index (κ3) is 8.29. The number of hydrogen-bond donors (Lipinski definition) is 0. The van der Waals surface area contributed by atoms with Crippen LogP contribution in [-0.4, -0.2) is 18.0 Å². The second-order valence-electron chi connectivity index (χ2n) is 4.46. The molecule has 0 saturated carbocycles. The molecule has 0 aromatic rings. The Labute approximate surface area is 95.9 Å². The summed E-state index contributed by atoms with van der Waals surface area (Å²) in [6, 6.07) is 0. The van der Waals surface area contributed by atoms with Crippen molar-refractivity contribution >= 4 is 0 Å². The van der Waals surface area contributed by atoms with E-state index in [0.29, 0.717) is 0 Å². The van der Waals surface area contributed by atoms with Crippen molar-refractivity contribution in [2.45, 2.75) is 47.5 Å². The Bertz CT molecular complexity index is 197. The van der Waals surface area contributed by atoms with Crippen molar-refractivity contribution in [2.75, 3.05) is 13.1 Å². The molecule has 0 aromatic heterocycles. The Balaban J connectivity index is 3.93. The van der Waals surface area contributed by atoms with E-state index in [1.54, 1.807) is 0 Å². The van der Waals surface area contributed by atoms with Crippen molar-refractivity contribution in [3.63, 3.8) is 0 Å². The monoisotopic (exact) mass is 209 g/mol. The first kappa shape index (κ1) is 14.3. The van der Waals surface area contributed by atoms with Crippen molar-refractivity contribution in [2.24, 2.45) is 5.92 Å². The van der Waals surface area contributed by atoms with Gasteiger partial charge in [0.15, 0.2) is 0 Å². The largest absolute Gasteiger partial charge is 0.378 e. The zero-order valence-corrected chi connectivity index (χ0v) is 11.1. The Morgan fingerprint density at radius 1 is 1.20 bits per heavy atom. The van der Waals surface area contributed by atoms with E-state index >= 15 is 0 Å². The normalized spacial score (nSPS) is 12.8. The van der Waals surface area contributed by atoms with Crippen molar-refractivity contribution in [1.82, 2.24) is 4.90 Å². The van der Waals surface area contributed by atoms with Gasteiger partial charge in [0, 0.05) is 13.1 Å². The summed E-state index contributed by atoms with van der Waals surface area (Å²) >= 11 is 0. The molecular formula is C14H27N. The van der Waals surface area contributed by atoms with E-state index < -0.39 is 0 Å². The summed E-state index contributed by atoms with van der Waals surface area (Å²) in [5.41, 5.74) is 1.38. The van der Waals surface area contributed by atoms with Crippen LogP contribution < -0.4 is 0 Å². The minimum Gasteiger partial charge on any atom is -0.378 e. The lowest BCUT2D eigenvalue weighted by molar-refractivity contribution is 0.418. The summed E-state index contributed by atoms with van der Waals surface area (Å²) in [5, 5.41) is 0. The molecule has 0 spiro atoms. The quantitative estimate of drug-likeness (QED) is 0.567. The molecule has 0 radical (unpaired) electrons. The highest BCUT2D eigenvalue weighted by atomic mass is 15.1. The van der Waals surface area contributed by atoms with Crippen molar-refractivity contribution in [3.8, 4) is 0 Å². The third-order valence-corrected chi connectivity index (χ3v) is 2.57. The van der Waals surface area contributed by atoms with E-state index in [9.17, 15) is 0 Å². The van der Waals surface area contributed by atoms with Crippen molar-refractivity contribution in [1.29, 1.82) is 0 Å². The molecule has 0 fully saturated rings. The predicted molar refractivity (Wildman–Crippen MR) is 69.9 cm³/mol. The van der Waals surface area contributed by atoms with Gasteiger partial charge in [-0.2, -0.15) is 0 Å². The van der Waals surface area contributed by atoms with E-state index in [2.05, 4.69) is 57.9 Å². The van der Waals surface area contributed by atoms with Crippen LogP contribution in [0.1, 0.15) is 47.5 Å². The first-order valence-corrected chi connectivity index (χ1v) is 6.19. The molecule has 0 atom stereocenters. The summed E-state index contributed by atoms with van der Waals surface area (Å²) in [4.78, 5) is 2.31. The van der Waals surface area contributed by atoms with Crippen LogP contribution >= 0.6 is 0 Å². The van der Waals surface area contributed by atoms with Gasteiger partial charge in [-0.25, -0.2) is 0 Å². The molecule has 0 aliphatic carbocycles. The van der Waals surface area contributed by atoms with E-state index in [1.807, 2.05) is 0 Å². The van der Waals surface area contributed by atoms with Crippen LogP contribution in [0.4, 0.5) is 0 Å². The molecule has 0 aromatic carbocycles. The highest BCUT2D eigenvalue weighted by Gasteiger charge is 1.92. The van der Waals surface area contributed by atoms with E-state index in [0.717, 1.165) is 19.0 Å². The van der Waals surface area contributed by atoms with Crippen LogP contribution in [0.5, 0.6) is 0 Å². The zero-order valence-electron chi connectivity index (χ0n) is 11.1. The fourth-order valence-electron chi connectivity index (χ4n) is 1.37. The Morgan fingerprint density at radius 2 is 1.80 bits per heavy atom. The van der Waals surface area contributed by atoms with Crippen LogP contribution in [0.3, 0.4) is 0 Å². The molecule has 0 aliphatic rings. The van der Waals surface area contributed by atoms with Crippen LogP contribution in [-0.2, 0) is 0 Å². The summed E-state index contributed by atoms with van der Waals surface area (Å²) in [5.74, 6) is 0.806. The standard InChI is InChI=1S/C14H27N/c1-6-15(7-2)12-11-14(5)10-8-9-13(3)4/h10-13H,6-9H2,1-5H3/b12-11+,14-10+. The summed E-state index contributed by atoms with van der Waals surface area (Å²) in [6.45, 7) is 13.3. The molecule has 0 unspecified atom stereocenters. The molecule has 88 valence electrons. The lowest BCUT2D eigenvalue weighted by Crippen LogP contribution is -2.15. The fraction of sp³-hybridized carbons (Fsp3) is 0.714. The molecule has 0 heterocycles. The second-order valence-corrected chi connectivity index (χ2v) is 4.46. The average molecular weight is 209 g/mol. The second kappa shape index (κ2) is 8.58. The smallest absolute Gasteiger partial charge is 0.0143 e. The third-order valence-electron chi connectivity index (χ3n) is 2.57. The van der Waals surface area contributed by atoms with Crippen molar-refractivity contribution < 1.29 is 0 Å². The van der Waals surface area contributed by atoms with Gasteiger partial charge in [-0.15, -0.1) is 0 Å². The Hall–Kier alpha value is -0.720. The molecule has 0 N–H and O–H groups in total. The lowest BCUT2D eigenvalue weighted by atomic mass is 10.1. The summed E-state index contributed by atoms with van der Waals surface area (Å²) in [6.07, 6.45) is 9.23. The minimum atomic E-state index is 0.806. The van der Waals surface area contributed by atoms with E-state index in [-0.39, 0.29) is 0 Å². The molecule has 0 bridgehead atoms. The molecule has 1 nitrogen and oxygen atoms in total. The van der Waals surface area contributed by atoms with Gasteiger partial charge < -0.3 is 4.90 Å². The highest BCUT2D eigenvalue weighted by Crippen LogP contribution is 2.07. The first-order chi connectivity index (χ1) is 7.10. The van der Waals surface area contributed by atoms with Gasteiger partial charge in [-0.05, 0) is 51.8 Å². The van der Waals surface area contributed by atoms with Crippen molar-refractivity contribution in [3.05, 3.63) is 23.9 Å². The van der Waals surface area contributed by atoms with Crippen LogP contribution in [0, 0.1) is 5.92 Å². The van der Waals surface area contributed by atoms with Gasteiger partial charge in [-0.1, -0.05) is 25.5 Å². The topological polar surface area (TPSA) is 3.24 Å². The summed E-state index contributed by atoms with van der Waals surface area (Å²) in [7, 11) is 0. The number of hydrogen-bond acceptors (Lipinski definition) is 1. The number of rotatable bonds is 7. The molecule has 0 saturated heterocycles. The SMILES string of the molecule is CCN(/C=C/C(C)=C/CCC(C)C)CC. The van der Waals surface area contributed by atoms with Gasteiger partial charge in [0.2, 0.25) is 0 Å². The Morgan fingerprint density at radius 3 is 2.27 bits per heavy atom.